The molecule has 28 heavy (non-hydrogen) atoms. The number of hydrogen-bond acceptors (Lipinski definition) is 6. The summed E-state index contributed by atoms with van der Waals surface area (Å²) >= 11 is 3.42. The van der Waals surface area contributed by atoms with Crippen LogP contribution < -0.4 is 5.56 Å². The standard InChI is InChI=1S/C20H25FN2O3S2/c21-16-9-15(27-11-13-1-5-25-6-2-13)10-17-19(16)20(24)23-18(22-17)12-28-14-3-7-26-8-4-14/h9-10,13-14H,1-8,11-12H2,(H,22,23,24). The zero-order chi connectivity index (χ0) is 19.3. The van der Waals surface area contributed by atoms with E-state index in [9.17, 15) is 9.18 Å². The van der Waals surface area contributed by atoms with Gasteiger partial charge in [0.2, 0.25) is 0 Å². The van der Waals surface area contributed by atoms with Crippen LogP contribution in [-0.2, 0) is 15.2 Å². The van der Waals surface area contributed by atoms with Crippen LogP contribution in [0.15, 0.2) is 21.8 Å². The fraction of sp³-hybridized carbons (Fsp3) is 0.600. The van der Waals surface area contributed by atoms with Gasteiger partial charge in [-0.3, -0.25) is 4.79 Å². The summed E-state index contributed by atoms with van der Waals surface area (Å²) in [6, 6.07) is 3.31. The molecule has 8 heteroatoms. The molecule has 1 N–H and O–H groups in total. The number of benzene rings is 1. The average molecular weight is 425 g/mol. The van der Waals surface area contributed by atoms with Crippen LogP contribution in [-0.4, -0.2) is 47.4 Å². The molecule has 0 spiro atoms. The van der Waals surface area contributed by atoms with Crippen LogP contribution in [0, 0.1) is 11.7 Å². The van der Waals surface area contributed by atoms with Gasteiger partial charge in [-0.1, -0.05) is 0 Å². The highest BCUT2D eigenvalue weighted by molar-refractivity contribution is 7.99. The van der Waals surface area contributed by atoms with Crippen LogP contribution in [0.1, 0.15) is 31.5 Å². The molecule has 0 radical (unpaired) electrons. The molecule has 2 aliphatic rings. The Morgan fingerprint density at radius 1 is 1.11 bits per heavy atom. The van der Waals surface area contributed by atoms with E-state index in [-0.39, 0.29) is 5.39 Å². The summed E-state index contributed by atoms with van der Waals surface area (Å²) in [6.07, 6.45) is 4.14. The Morgan fingerprint density at radius 2 is 1.82 bits per heavy atom. The minimum atomic E-state index is -0.496. The highest BCUT2D eigenvalue weighted by Gasteiger charge is 2.17. The molecule has 0 aliphatic carbocycles. The topological polar surface area (TPSA) is 64.2 Å². The number of ether oxygens (including phenoxy) is 2. The summed E-state index contributed by atoms with van der Waals surface area (Å²) in [4.78, 5) is 20.5. The van der Waals surface area contributed by atoms with E-state index in [2.05, 4.69) is 9.97 Å². The number of thioether (sulfide) groups is 2. The Kier molecular flexibility index (Phi) is 6.93. The van der Waals surface area contributed by atoms with Gasteiger partial charge in [0.25, 0.3) is 5.56 Å². The molecule has 2 fully saturated rings. The molecule has 152 valence electrons. The van der Waals surface area contributed by atoms with Crippen molar-refractivity contribution in [3.05, 3.63) is 34.1 Å². The highest BCUT2D eigenvalue weighted by atomic mass is 32.2. The van der Waals surface area contributed by atoms with E-state index >= 15 is 0 Å². The van der Waals surface area contributed by atoms with Crippen molar-refractivity contribution in [1.82, 2.24) is 9.97 Å². The van der Waals surface area contributed by atoms with Gasteiger partial charge >= 0.3 is 0 Å². The fourth-order valence-electron chi connectivity index (χ4n) is 3.57. The first kappa shape index (κ1) is 20.2. The maximum atomic E-state index is 14.6. The van der Waals surface area contributed by atoms with Gasteiger partial charge in [-0.05, 0) is 43.7 Å². The predicted octanol–water partition coefficient (Wildman–Crippen LogP) is 3.99. The lowest BCUT2D eigenvalue weighted by molar-refractivity contribution is 0.0728. The molecule has 3 heterocycles. The van der Waals surface area contributed by atoms with Crippen LogP contribution in [0.5, 0.6) is 0 Å². The minimum absolute atomic E-state index is 0.0511. The lowest BCUT2D eigenvalue weighted by Gasteiger charge is -2.21. The SMILES string of the molecule is O=c1[nH]c(CSC2CCOCC2)nc2cc(SCC3CCOCC3)cc(F)c12. The van der Waals surface area contributed by atoms with Crippen molar-refractivity contribution in [2.45, 2.75) is 41.6 Å². The zero-order valence-electron chi connectivity index (χ0n) is 15.7. The summed E-state index contributed by atoms with van der Waals surface area (Å²) in [5.74, 6) is 2.27. The van der Waals surface area contributed by atoms with E-state index in [4.69, 9.17) is 9.47 Å². The largest absolute Gasteiger partial charge is 0.381 e. The second kappa shape index (κ2) is 9.61. The third-order valence-corrected chi connectivity index (χ3v) is 7.82. The monoisotopic (exact) mass is 424 g/mol. The number of halogens is 1. The smallest absolute Gasteiger partial charge is 0.261 e. The number of H-pyrrole nitrogens is 1. The van der Waals surface area contributed by atoms with Gasteiger partial charge in [-0.2, -0.15) is 11.8 Å². The fourth-order valence-corrected chi connectivity index (χ4v) is 5.77. The molecule has 0 atom stereocenters. The van der Waals surface area contributed by atoms with Crippen LogP contribution in [0.3, 0.4) is 0 Å². The molecule has 0 saturated carbocycles. The predicted molar refractivity (Wildman–Crippen MR) is 112 cm³/mol. The molecule has 0 bridgehead atoms. The van der Waals surface area contributed by atoms with Gasteiger partial charge in [-0.15, -0.1) is 11.8 Å². The number of aromatic nitrogens is 2. The Balaban J connectivity index is 1.48. The number of rotatable bonds is 6. The van der Waals surface area contributed by atoms with Crippen molar-refractivity contribution in [2.24, 2.45) is 5.92 Å². The van der Waals surface area contributed by atoms with Gasteiger partial charge in [-0.25, -0.2) is 9.37 Å². The van der Waals surface area contributed by atoms with Gasteiger partial charge in [0.1, 0.15) is 17.0 Å². The molecular formula is C20H25FN2O3S2. The van der Waals surface area contributed by atoms with Crippen molar-refractivity contribution >= 4 is 34.4 Å². The van der Waals surface area contributed by atoms with Gasteiger partial charge in [0.15, 0.2) is 0 Å². The molecule has 2 aromatic rings. The van der Waals surface area contributed by atoms with Crippen molar-refractivity contribution in [1.29, 1.82) is 0 Å². The Labute approximate surface area is 172 Å². The molecule has 4 rings (SSSR count). The van der Waals surface area contributed by atoms with Crippen LogP contribution in [0.2, 0.25) is 0 Å². The van der Waals surface area contributed by atoms with Crippen molar-refractivity contribution < 1.29 is 13.9 Å². The van der Waals surface area contributed by atoms with E-state index in [0.29, 0.717) is 28.3 Å². The molecule has 1 aromatic carbocycles. The zero-order valence-corrected chi connectivity index (χ0v) is 17.4. The van der Waals surface area contributed by atoms with Crippen LogP contribution in [0.25, 0.3) is 10.9 Å². The van der Waals surface area contributed by atoms with Gasteiger partial charge in [0, 0.05) is 42.3 Å². The average Bonchev–Trinajstić information content (AvgIpc) is 2.72. The lowest BCUT2D eigenvalue weighted by atomic mass is 10.0. The Morgan fingerprint density at radius 3 is 2.57 bits per heavy atom. The number of fused-ring (bicyclic) bond motifs is 1. The molecular weight excluding hydrogens is 399 g/mol. The maximum Gasteiger partial charge on any atom is 0.261 e. The molecule has 0 amide bonds. The van der Waals surface area contributed by atoms with Crippen molar-refractivity contribution in [3.8, 4) is 0 Å². The first-order chi connectivity index (χ1) is 13.7. The van der Waals surface area contributed by atoms with E-state index in [1.54, 1.807) is 23.5 Å². The second-order valence-corrected chi connectivity index (χ2v) is 9.68. The first-order valence-electron chi connectivity index (χ1n) is 9.81. The van der Waals surface area contributed by atoms with E-state index in [1.165, 1.54) is 6.07 Å². The number of nitrogens with zero attached hydrogens (tertiary/aromatic N) is 1. The summed E-state index contributed by atoms with van der Waals surface area (Å²) in [7, 11) is 0. The number of aromatic amines is 1. The molecule has 0 unspecified atom stereocenters. The van der Waals surface area contributed by atoms with Crippen molar-refractivity contribution in [2.75, 3.05) is 32.2 Å². The summed E-state index contributed by atoms with van der Waals surface area (Å²) in [5, 5.41) is 0.572. The number of nitrogens with one attached hydrogen (secondary N) is 1. The number of hydrogen-bond donors (Lipinski definition) is 1. The first-order valence-corrected chi connectivity index (χ1v) is 11.8. The maximum absolute atomic E-state index is 14.6. The molecule has 2 saturated heterocycles. The van der Waals surface area contributed by atoms with Crippen molar-refractivity contribution in [3.63, 3.8) is 0 Å². The quantitative estimate of drug-likeness (QED) is 0.708. The molecule has 5 nitrogen and oxygen atoms in total. The van der Waals surface area contributed by atoms with E-state index < -0.39 is 11.4 Å². The third-order valence-electron chi connectivity index (χ3n) is 5.23. The van der Waals surface area contributed by atoms with Gasteiger partial charge in [0.05, 0.1) is 11.3 Å². The summed E-state index contributed by atoms with van der Waals surface area (Å²) in [5.41, 5.74) is 0.0480. The lowest BCUT2D eigenvalue weighted by Crippen LogP contribution is -2.18. The van der Waals surface area contributed by atoms with Crippen LogP contribution in [0.4, 0.5) is 4.39 Å². The third kappa shape index (κ3) is 5.09. The summed E-state index contributed by atoms with van der Waals surface area (Å²) < 4.78 is 25.3. The summed E-state index contributed by atoms with van der Waals surface area (Å²) in [6.45, 7) is 3.20. The molecule has 2 aliphatic heterocycles. The Bertz CT molecular complexity index is 859. The Hall–Kier alpha value is -1.09. The van der Waals surface area contributed by atoms with E-state index in [1.807, 2.05) is 6.07 Å². The molecule has 1 aromatic heterocycles. The highest BCUT2D eigenvalue weighted by Crippen LogP contribution is 2.29. The van der Waals surface area contributed by atoms with Crippen LogP contribution >= 0.6 is 23.5 Å². The minimum Gasteiger partial charge on any atom is -0.381 e. The normalized spacial score (nSPS) is 19.3. The second-order valence-electron chi connectivity index (χ2n) is 7.30. The van der Waals surface area contributed by atoms with Gasteiger partial charge < -0.3 is 14.5 Å². The van der Waals surface area contributed by atoms with E-state index in [0.717, 1.165) is 62.8 Å².